The molecule has 38 heavy (non-hydrogen) atoms. The van der Waals surface area contributed by atoms with Gasteiger partial charge in [0.15, 0.2) is 5.69 Å². The van der Waals surface area contributed by atoms with E-state index in [1.807, 2.05) is 0 Å². The Bertz CT molecular complexity index is 1320. The number of hydrogen-bond donors (Lipinski definition) is 2. The molecule has 3 aliphatic rings. The van der Waals surface area contributed by atoms with E-state index >= 15 is 0 Å². The summed E-state index contributed by atoms with van der Waals surface area (Å²) in [4.78, 5) is 13.8. The largest absolute Gasteiger partial charge is 0.439 e. The van der Waals surface area contributed by atoms with Gasteiger partial charge in [-0.25, -0.2) is 0 Å². The number of halogens is 3. The van der Waals surface area contributed by atoms with Crippen LogP contribution in [0.25, 0.3) is 5.69 Å². The standard InChI is InChI=1S/C29H31Cl3N4O2/c30-19-7-10-22(11-8-19)38-29-23(16-33-21-3-1-2-4-21)27(28(37)34-25-14-17-5-6-18(25)13-17)35-36(29)26-12-9-20(31)15-24(26)32/h7-12,15,17-18,21,25,33H,1-6,13-14,16H2,(H,34,37). The fourth-order valence-electron chi connectivity index (χ4n) is 6.35. The predicted octanol–water partition coefficient (Wildman–Crippen LogP) is 7.58. The van der Waals surface area contributed by atoms with E-state index in [4.69, 9.17) is 44.6 Å². The minimum Gasteiger partial charge on any atom is -0.439 e. The van der Waals surface area contributed by atoms with Crippen molar-refractivity contribution in [1.29, 1.82) is 0 Å². The molecule has 1 amide bonds. The summed E-state index contributed by atoms with van der Waals surface area (Å²) in [6.07, 6.45) is 9.38. The second-order valence-electron chi connectivity index (χ2n) is 10.8. The van der Waals surface area contributed by atoms with E-state index in [0.717, 1.165) is 25.2 Å². The van der Waals surface area contributed by atoms with Crippen molar-refractivity contribution in [2.45, 2.75) is 70.0 Å². The van der Waals surface area contributed by atoms with Crippen molar-refractivity contribution in [2.24, 2.45) is 11.8 Å². The average Bonchev–Trinajstić information content (AvgIpc) is 3.70. The first-order valence-electron chi connectivity index (χ1n) is 13.5. The van der Waals surface area contributed by atoms with Crippen molar-refractivity contribution in [2.75, 3.05) is 0 Å². The monoisotopic (exact) mass is 572 g/mol. The van der Waals surface area contributed by atoms with Crippen LogP contribution in [0, 0.1) is 11.8 Å². The van der Waals surface area contributed by atoms with Crippen molar-refractivity contribution in [1.82, 2.24) is 20.4 Å². The van der Waals surface area contributed by atoms with Crippen molar-refractivity contribution >= 4 is 40.7 Å². The summed E-state index contributed by atoms with van der Waals surface area (Å²) < 4.78 is 8.05. The zero-order valence-corrected chi connectivity index (χ0v) is 23.3. The molecule has 3 fully saturated rings. The van der Waals surface area contributed by atoms with Crippen LogP contribution in [0.1, 0.15) is 67.4 Å². The molecule has 2 N–H and O–H groups in total. The molecule has 1 aromatic heterocycles. The normalized spacial score (nSPS) is 22.8. The molecule has 6 rings (SSSR count). The summed E-state index contributed by atoms with van der Waals surface area (Å²) in [6.45, 7) is 0.457. The fourth-order valence-corrected chi connectivity index (χ4v) is 6.96. The number of nitrogens with zero attached hydrogens (tertiary/aromatic N) is 2. The van der Waals surface area contributed by atoms with E-state index < -0.39 is 0 Å². The Balaban J connectivity index is 1.41. The number of aromatic nitrogens is 2. The second kappa shape index (κ2) is 11.1. The van der Waals surface area contributed by atoms with E-state index in [9.17, 15) is 4.79 Å². The SMILES string of the molecule is O=C(NC1CC2CCC1C2)c1nn(-c2ccc(Cl)cc2Cl)c(Oc2ccc(Cl)cc2)c1CNC1CCCC1. The topological polar surface area (TPSA) is 68.2 Å². The highest BCUT2D eigenvalue weighted by Crippen LogP contribution is 2.44. The summed E-state index contributed by atoms with van der Waals surface area (Å²) in [6, 6.07) is 12.9. The molecule has 9 heteroatoms. The van der Waals surface area contributed by atoms with E-state index in [1.54, 1.807) is 47.1 Å². The lowest BCUT2D eigenvalue weighted by Crippen LogP contribution is -2.39. The Labute approximate surface area is 238 Å². The minimum atomic E-state index is -0.171. The number of rotatable bonds is 8. The molecule has 0 saturated heterocycles. The van der Waals surface area contributed by atoms with E-state index in [2.05, 4.69) is 10.6 Å². The average molecular weight is 574 g/mol. The minimum absolute atomic E-state index is 0.171. The van der Waals surface area contributed by atoms with Crippen LogP contribution >= 0.6 is 34.8 Å². The Morgan fingerprint density at radius 3 is 2.42 bits per heavy atom. The molecule has 3 unspecified atom stereocenters. The van der Waals surface area contributed by atoms with Crippen LogP contribution in [0.2, 0.25) is 15.1 Å². The van der Waals surface area contributed by atoms with Crippen molar-refractivity contribution in [3.05, 3.63) is 68.8 Å². The Hall–Kier alpha value is -2.25. The summed E-state index contributed by atoms with van der Waals surface area (Å²) in [7, 11) is 0. The molecule has 2 bridgehead atoms. The van der Waals surface area contributed by atoms with E-state index in [-0.39, 0.29) is 11.9 Å². The molecule has 200 valence electrons. The van der Waals surface area contributed by atoms with Gasteiger partial charge >= 0.3 is 0 Å². The Morgan fingerprint density at radius 2 is 1.74 bits per heavy atom. The molecule has 0 radical (unpaired) electrons. The molecule has 3 aliphatic carbocycles. The van der Waals surface area contributed by atoms with Crippen molar-refractivity contribution in [3.63, 3.8) is 0 Å². The van der Waals surface area contributed by atoms with Crippen molar-refractivity contribution < 1.29 is 9.53 Å². The molecule has 3 atom stereocenters. The van der Waals surface area contributed by atoms with Crippen LogP contribution in [-0.2, 0) is 6.54 Å². The van der Waals surface area contributed by atoms with Crippen LogP contribution in [0.15, 0.2) is 42.5 Å². The van der Waals surface area contributed by atoms with Gasteiger partial charge in [-0.3, -0.25) is 4.79 Å². The lowest BCUT2D eigenvalue weighted by atomic mass is 9.95. The van der Waals surface area contributed by atoms with Crippen LogP contribution < -0.4 is 15.4 Å². The summed E-state index contributed by atoms with van der Waals surface area (Å²) in [5, 5.41) is 13.3. The highest BCUT2D eigenvalue weighted by molar-refractivity contribution is 6.35. The predicted molar refractivity (Wildman–Crippen MR) is 151 cm³/mol. The maximum atomic E-state index is 13.8. The summed E-state index contributed by atoms with van der Waals surface area (Å²) >= 11 is 18.9. The van der Waals surface area contributed by atoms with Gasteiger partial charge in [0.05, 0.1) is 16.3 Å². The molecule has 0 spiro atoms. The van der Waals surface area contributed by atoms with Gasteiger partial charge < -0.3 is 15.4 Å². The maximum absolute atomic E-state index is 13.8. The zero-order chi connectivity index (χ0) is 26.2. The number of fused-ring (bicyclic) bond motifs is 2. The van der Waals surface area contributed by atoms with Crippen LogP contribution in [-0.4, -0.2) is 27.8 Å². The molecule has 3 aromatic rings. The van der Waals surface area contributed by atoms with E-state index in [1.165, 1.54) is 32.1 Å². The van der Waals surface area contributed by atoms with Crippen LogP contribution in [0.5, 0.6) is 11.6 Å². The first kappa shape index (κ1) is 26.0. The number of amides is 1. The second-order valence-corrected chi connectivity index (χ2v) is 12.1. The maximum Gasteiger partial charge on any atom is 0.272 e. The highest BCUT2D eigenvalue weighted by atomic mass is 35.5. The van der Waals surface area contributed by atoms with Gasteiger partial charge in [0.2, 0.25) is 5.88 Å². The van der Waals surface area contributed by atoms with E-state index in [0.29, 0.717) is 62.1 Å². The summed E-state index contributed by atoms with van der Waals surface area (Å²) in [5.74, 6) is 2.14. The Kier molecular flexibility index (Phi) is 7.59. The molecule has 3 saturated carbocycles. The lowest BCUT2D eigenvalue weighted by Gasteiger charge is -2.22. The third-order valence-electron chi connectivity index (χ3n) is 8.29. The van der Waals surface area contributed by atoms with Crippen LogP contribution in [0.4, 0.5) is 0 Å². The first-order chi connectivity index (χ1) is 18.4. The number of benzene rings is 2. The third kappa shape index (κ3) is 5.42. The van der Waals surface area contributed by atoms with Gasteiger partial charge in [-0.15, -0.1) is 0 Å². The molecular formula is C29H31Cl3N4O2. The number of carbonyl (C=O) groups is 1. The fraction of sp³-hybridized carbons (Fsp3) is 0.448. The van der Waals surface area contributed by atoms with Gasteiger partial charge in [0.25, 0.3) is 5.91 Å². The van der Waals surface area contributed by atoms with Crippen LogP contribution in [0.3, 0.4) is 0 Å². The highest BCUT2D eigenvalue weighted by Gasteiger charge is 2.41. The van der Waals surface area contributed by atoms with Gasteiger partial charge in [-0.1, -0.05) is 54.1 Å². The number of nitrogens with one attached hydrogen (secondary N) is 2. The smallest absolute Gasteiger partial charge is 0.272 e. The molecule has 2 aromatic carbocycles. The quantitative estimate of drug-likeness (QED) is 0.292. The number of carbonyl (C=O) groups excluding carboxylic acids is 1. The Morgan fingerprint density at radius 1 is 0.974 bits per heavy atom. The van der Waals surface area contributed by atoms with Gasteiger partial charge in [-0.05, 0) is 86.4 Å². The third-order valence-corrected chi connectivity index (χ3v) is 9.08. The zero-order valence-electron chi connectivity index (χ0n) is 21.1. The molecule has 1 heterocycles. The molecule has 6 nitrogen and oxygen atoms in total. The van der Waals surface area contributed by atoms with Crippen molar-refractivity contribution in [3.8, 4) is 17.3 Å². The molecule has 0 aliphatic heterocycles. The first-order valence-corrected chi connectivity index (χ1v) is 14.6. The van der Waals surface area contributed by atoms with Gasteiger partial charge in [-0.2, -0.15) is 9.78 Å². The van der Waals surface area contributed by atoms with Gasteiger partial charge in [0, 0.05) is 28.7 Å². The number of hydrogen-bond acceptors (Lipinski definition) is 4. The van der Waals surface area contributed by atoms with Gasteiger partial charge in [0.1, 0.15) is 5.75 Å². The lowest BCUT2D eigenvalue weighted by molar-refractivity contribution is 0.0916. The molecular weight excluding hydrogens is 543 g/mol. The number of ether oxygens (including phenoxy) is 1. The summed E-state index contributed by atoms with van der Waals surface area (Å²) in [5.41, 5.74) is 1.65.